The van der Waals surface area contributed by atoms with E-state index in [0.717, 1.165) is 19.5 Å². The molecule has 0 aliphatic rings. The predicted octanol–water partition coefficient (Wildman–Crippen LogP) is 1.37. The van der Waals surface area contributed by atoms with E-state index in [0.29, 0.717) is 0 Å². The fraction of sp³-hybridized carbons (Fsp3) is 1.00. The normalized spacial score (nSPS) is 10.2. The van der Waals surface area contributed by atoms with Crippen molar-refractivity contribution in [3.8, 4) is 0 Å². The van der Waals surface area contributed by atoms with E-state index in [9.17, 15) is 0 Å². The van der Waals surface area contributed by atoms with Crippen LogP contribution in [0.4, 0.5) is 0 Å². The molecule has 0 unspecified atom stereocenters. The fourth-order valence-electron chi connectivity index (χ4n) is 0.565. The molecule has 3 heteroatoms. The lowest BCUT2D eigenvalue weighted by atomic mass is 10.3. The van der Waals surface area contributed by atoms with E-state index in [2.05, 4.69) is 11.6 Å². The molecule has 0 rings (SSSR count). The molecular formula is C7H18N2S. The summed E-state index contributed by atoms with van der Waals surface area (Å²) in [6.07, 6.45) is 3.60. The van der Waals surface area contributed by atoms with E-state index in [1.165, 1.54) is 18.6 Å². The summed E-state index contributed by atoms with van der Waals surface area (Å²) in [5.41, 5.74) is 5.34. The number of rotatable bonds is 7. The van der Waals surface area contributed by atoms with Gasteiger partial charge in [0.05, 0.1) is 0 Å². The Kier molecular flexibility index (Phi) is 9.52. The monoisotopic (exact) mass is 162 g/mol. The van der Waals surface area contributed by atoms with Crippen LogP contribution in [-0.4, -0.2) is 18.8 Å². The Morgan fingerprint density at radius 2 is 2.20 bits per heavy atom. The van der Waals surface area contributed by atoms with Crippen molar-refractivity contribution in [2.75, 3.05) is 18.8 Å². The highest BCUT2D eigenvalue weighted by molar-refractivity contribution is 7.97. The summed E-state index contributed by atoms with van der Waals surface area (Å²) in [5, 5.41) is 0. The van der Waals surface area contributed by atoms with Crippen LogP contribution in [0.25, 0.3) is 0 Å². The van der Waals surface area contributed by atoms with Crippen LogP contribution in [0.2, 0.25) is 0 Å². The Balaban J connectivity index is 2.65. The van der Waals surface area contributed by atoms with Gasteiger partial charge in [0.15, 0.2) is 0 Å². The first-order chi connectivity index (χ1) is 4.91. The van der Waals surface area contributed by atoms with Gasteiger partial charge in [-0.15, -0.1) is 0 Å². The van der Waals surface area contributed by atoms with Crippen LogP contribution in [0.1, 0.15) is 26.2 Å². The Hall–Kier alpha value is 0.270. The van der Waals surface area contributed by atoms with Gasteiger partial charge in [-0.3, -0.25) is 4.72 Å². The van der Waals surface area contributed by atoms with Gasteiger partial charge in [0.2, 0.25) is 0 Å². The van der Waals surface area contributed by atoms with Crippen molar-refractivity contribution in [2.24, 2.45) is 5.73 Å². The van der Waals surface area contributed by atoms with Crippen molar-refractivity contribution < 1.29 is 0 Å². The SMILES string of the molecule is CCCNSCCCCN. The molecule has 0 radical (unpaired) electrons. The number of unbranched alkanes of at least 4 members (excludes halogenated alkanes) is 1. The molecule has 3 N–H and O–H groups in total. The molecule has 0 amide bonds. The summed E-state index contributed by atoms with van der Waals surface area (Å²) in [4.78, 5) is 0. The lowest BCUT2D eigenvalue weighted by molar-refractivity contribution is 0.809. The molecule has 0 heterocycles. The molecule has 0 aromatic rings. The lowest BCUT2D eigenvalue weighted by Crippen LogP contribution is -2.06. The molecule has 0 aromatic carbocycles. The minimum Gasteiger partial charge on any atom is -0.330 e. The highest BCUT2D eigenvalue weighted by Crippen LogP contribution is 1.98. The Morgan fingerprint density at radius 1 is 1.40 bits per heavy atom. The Bertz CT molecular complexity index is 51.6. The van der Waals surface area contributed by atoms with E-state index < -0.39 is 0 Å². The largest absolute Gasteiger partial charge is 0.330 e. The fourth-order valence-corrected chi connectivity index (χ4v) is 1.41. The second-order valence-corrected chi connectivity index (χ2v) is 3.22. The van der Waals surface area contributed by atoms with E-state index in [1.807, 2.05) is 11.9 Å². The van der Waals surface area contributed by atoms with Gasteiger partial charge < -0.3 is 5.73 Å². The van der Waals surface area contributed by atoms with Crippen molar-refractivity contribution >= 4 is 11.9 Å². The van der Waals surface area contributed by atoms with Gasteiger partial charge in [-0.25, -0.2) is 0 Å². The van der Waals surface area contributed by atoms with Gasteiger partial charge in [-0.05, 0) is 25.8 Å². The molecule has 0 atom stereocenters. The molecule has 2 nitrogen and oxygen atoms in total. The lowest BCUT2D eigenvalue weighted by Gasteiger charge is -2.00. The van der Waals surface area contributed by atoms with Crippen LogP contribution in [0.3, 0.4) is 0 Å². The van der Waals surface area contributed by atoms with Gasteiger partial charge in [0, 0.05) is 12.3 Å². The van der Waals surface area contributed by atoms with Crippen LogP contribution < -0.4 is 10.5 Å². The van der Waals surface area contributed by atoms with Crippen molar-refractivity contribution in [1.29, 1.82) is 0 Å². The molecule has 0 fully saturated rings. The van der Waals surface area contributed by atoms with Crippen LogP contribution in [0.5, 0.6) is 0 Å². The molecular weight excluding hydrogens is 144 g/mol. The van der Waals surface area contributed by atoms with Gasteiger partial charge >= 0.3 is 0 Å². The Labute approximate surface area is 68.1 Å². The highest BCUT2D eigenvalue weighted by Gasteiger charge is 1.86. The zero-order valence-corrected chi connectivity index (χ0v) is 7.54. The first-order valence-corrected chi connectivity index (χ1v) is 4.95. The highest BCUT2D eigenvalue weighted by atomic mass is 32.2. The molecule has 0 aliphatic heterocycles. The average Bonchev–Trinajstić information content (AvgIpc) is 1.97. The minimum atomic E-state index is 0.828. The third-order valence-electron chi connectivity index (χ3n) is 1.15. The summed E-state index contributed by atoms with van der Waals surface area (Å²) in [6, 6.07) is 0. The van der Waals surface area contributed by atoms with Crippen LogP contribution >= 0.6 is 11.9 Å². The zero-order valence-electron chi connectivity index (χ0n) is 6.73. The second-order valence-electron chi connectivity index (χ2n) is 2.24. The first kappa shape index (κ1) is 10.3. The predicted molar refractivity (Wildman–Crippen MR) is 49.0 cm³/mol. The smallest absolute Gasteiger partial charge is 0.00791 e. The third-order valence-corrected chi connectivity index (χ3v) is 2.06. The molecule has 0 aliphatic carbocycles. The van der Waals surface area contributed by atoms with Gasteiger partial charge in [-0.1, -0.05) is 18.9 Å². The van der Waals surface area contributed by atoms with Crippen LogP contribution in [-0.2, 0) is 0 Å². The van der Waals surface area contributed by atoms with Crippen LogP contribution in [0, 0.1) is 0 Å². The topological polar surface area (TPSA) is 38.0 Å². The standard InChI is InChI=1S/C7H18N2S/c1-2-6-9-10-7-4-3-5-8/h9H,2-8H2,1H3. The Morgan fingerprint density at radius 3 is 2.80 bits per heavy atom. The number of hydrogen-bond acceptors (Lipinski definition) is 3. The number of nitrogens with two attached hydrogens (primary N) is 1. The van der Waals surface area contributed by atoms with Crippen molar-refractivity contribution in [2.45, 2.75) is 26.2 Å². The average molecular weight is 162 g/mol. The van der Waals surface area contributed by atoms with Crippen LogP contribution in [0.15, 0.2) is 0 Å². The molecule has 0 bridgehead atoms. The summed E-state index contributed by atoms with van der Waals surface area (Å²) in [5.74, 6) is 1.19. The zero-order chi connectivity index (χ0) is 7.66. The van der Waals surface area contributed by atoms with Gasteiger partial charge in [0.25, 0.3) is 0 Å². The molecule has 0 saturated heterocycles. The second kappa shape index (κ2) is 9.27. The molecule has 62 valence electrons. The summed E-state index contributed by atoms with van der Waals surface area (Å²) < 4.78 is 3.27. The molecule has 10 heavy (non-hydrogen) atoms. The number of nitrogens with one attached hydrogen (secondary N) is 1. The van der Waals surface area contributed by atoms with E-state index in [4.69, 9.17) is 5.73 Å². The summed E-state index contributed by atoms with van der Waals surface area (Å²) >= 11 is 1.81. The van der Waals surface area contributed by atoms with Crippen molar-refractivity contribution in [3.05, 3.63) is 0 Å². The quantitative estimate of drug-likeness (QED) is 0.438. The van der Waals surface area contributed by atoms with Gasteiger partial charge in [0.1, 0.15) is 0 Å². The molecule has 0 spiro atoms. The molecule has 0 saturated carbocycles. The maximum Gasteiger partial charge on any atom is 0.00791 e. The third kappa shape index (κ3) is 8.27. The van der Waals surface area contributed by atoms with E-state index >= 15 is 0 Å². The van der Waals surface area contributed by atoms with Crippen molar-refractivity contribution in [1.82, 2.24) is 4.72 Å². The van der Waals surface area contributed by atoms with E-state index in [-0.39, 0.29) is 0 Å². The maximum atomic E-state index is 5.34. The van der Waals surface area contributed by atoms with E-state index in [1.54, 1.807) is 0 Å². The molecule has 0 aromatic heterocycles. The number of hydrogen-bond donors (Lipinski definition) is 2. The first-order valence-electron chi connectivity index (χ1n) is 3.96. The van der Waals surface area contributed by atoms with Gasteiger partial charge in [-0.2, -0.15) is 0 Å². The summed E-state index contributed by atoms with van der Waals surface area (Å²) in [6.45, 7) is 4.12. The maximum absolute atomic E-state index is 5.34. The summed E-state index contributed by atoms with van der Waals surface area (Å²) in [7, 11) is 0. The van der Waals surface area contributed by atoms with Crippen molar-refractivity contribution in [3.63, 3.8) is 0 Å². The minimum absolute atomic E-state index is 0.828.